The first-order valence-electron chi connectivity index (χ1n) is 9.59. The molecule has 0 fully saturated rings. The van der Waals surface area contributed by atoms with Crippen LogP contribution in [0.2, 0.25) is 5.02 Å². The first kappa shape index (κ1) is 21.2. The van der Waals surface area contributed by atoms with Gasteiger partial charge >= 0.3 is 0 Å². The Balaban J connectivity index is 1.46. The number of thioether (sulfide) groups is 1. The minimum atomic E-state index is -0.416. The van der Waals surface area contributed by atoms with Gasteiger partial charge in [-0.25, -0.2) is 4.39 Å². The standard InChI is InChI=1S/C23H19ClFN3O2S/c24-17-7-6-10-19(15-17)29-13-14-31-23-27-26-22(28(23)18-8-2-1-3-9-18)16-30-21-12-5-4-11-20(21)25/h1-12,15H,13-14,16H2. The van der Waals surface area contributed by atoms with Crippen LogP contribution in [0.5, 0.6) is 11.5 Å². The number of rotatable bonds is 9. The third-order valence-electron chi connectivity index (χ3n) is 4.29. The lowest BCUT2D eigenvalue weighted by Gasteiger charge is -2.11. The summed E-state index contributed by atoms with van der Waals surface area (Å²) < 4.78 is 27.2. The van der Waals surface area contributed by atoms with Crippen molar-refractivity contribution in [2.75, 3.05) is 12.4 Å². The summed E-state index contributed by atoms with van der Waals surface area (Å²) in [5, 5.41) is 9.92. The topological polar surface area (TPSA) is 49.2 Å². The first-order valence-corrected chi connectivity index (χ1v) is 11.0. The second-order valence-electron chi connectivity index (χ2n) is 6.44. The van der Waals surface area contributed by atoms with E-state index in [1.807, 2.05) is 47.0 Å². The van der Waals surface area contributed by atoms with Gasteiger partial charge in [0.1, 0.15) is 12.4 Å². The second kappa shape index (κ2) is 10.3. The predicted molar refractivity (Wildman–Crippen MR) is 120 cm³/mol. The molecule has 3 aromatic carbocycles. The van der Waals surface area contributed by atoms with Crippen LogP contribution >= 0.6 is 23.4 Å². The van der Waals surface area contributed by atoms with E-state index in [0.29, 0.717) is 28.4 Å². The van der Waals surface area contributed by atoms with Crippen molar-refractivity contribution in [3.05, 3.63) is 95.5 Å². The summed E-state index contributed by atoms with van der Waals surface area (Å²) in [5.74, 6) is 1.71. The van der Waals surface area contributed by atoms with Crippen LogP contribution in [0.1, 0.15) is 5.82 Å². The molecule has 0 radical (unpaired) electrons. The van der Waals surface area contributed by atoms with Crippen LogP contribution in [0.4, 0.5) is 4.39 Å². The van der Waals surface area contributed by atoms with E-state index in [1.54, 1.807) is 30.3 Å². The largest absolute Gasteiger partial charge is 0.493 e. The fourth-order valence-corrected chi connectivity index (χ4v) is 3.85. The van der Waals surface area contributed by atoms with Crippen molar-refractivity contribution in [1.82, 2.24) is 14.8 Å². The Morgan fingerprint density at radius 2 is 1.71 bits per heavy atom. The Bertz CT molecular complexity index is 1140. The Kier molecular flexibility index (Phi) is 7.07. The summed E-state index contributed by atoms with van der Waals surface area (Å²) in [5.41, 5.74) is 0.901. The lowest BCUT2D eigenvalue weighted by molar-refractivity contribution is 0.278. The number of hydrogen-bond acceptors (Lipinski definition) is 5. The van der Waals surface area contributed by atoms with Crippen LogP contribution in [-0.2, 0) is 6.61 Å². The van der Waals surface area contributed by atoms with Gasteiger partial charge in [0.2, 0.25) is 0 Å². The fraction of sp³-hybridized carbons (Fsp3) is 0.130. The zero-order chi connectivity index (χ0) is 21.5. The summed E-state index contributed by atoms with van der Waals surface area (Å²) in [4.78, 5) is 0. The molecule has 1 aromatic heterocycles. The molecule has 0 aliphatic rings. The van der Waals surface area contributed by atoms with Crippen LogP contribution in [0.25, 0.3) is 5.69 Å². The molecule has 0 bridgehead atoms. The maximum atomic E-state index is 13.9. The van der Waals surface area contributed by atoms with Gasteiger partial charge < -0.3 is 9.47 Å². The fourth-order valence-electron chi connectivity index (χ4n) is 2.88. The first-order chi connectivity index (χ1) is 15.2. The second-order valence-corrected chi connectivity index (χ2v) is 7.94. The van der Waals surface area contributed by atoms with Crippen molar-refractivity contribution in [1.29, 1.82) is 0 Å². The molecule has 0 unspecified atom stereocenters. The molecule has 0 saturated heterocycles. The molecule has 0 saturated carbocycles. The van der Waals surface area contributed by atoms with Crippen molar-refractivity contribution in [3.63, 3.8) is 0 Å². The van der Waals surface area contributed by atoms with E-state index in [1.165, 1.54) is 17.8 Å². The Labute approximate surface area is 188 Å². The van der Waals surface area contributed by atoms with Crippen molar-refractivity contribution in [2.24, 2.45) is 0 Å². The zero-order valence-corrected chi connectivity index (χ0v) is 18.0. The van der Waals surface area contributed by atoms with E-state index in [9.17, 15) is 4.39 Å². The number of benzene rings is 3. The van der Waals surface area contributed by atoms with Crippen LogP contribution in [-0.4, -0.2) is 27.1 Å². The number of halogens is 2. The molecule has 0 amide bonds. The van der Waals surface area contributed by atoms with E-state index in [-0.39, 0.29) is 12.4 Å². The summed E-state index contributed by atoms with van der Waals surface area (Å²) in [6, 6.07) is 23.3. The third kappa shape index (κ3) is 5.57. The molecule has 1 heterocycles. The van der Waals surface area contributed by atoms with Gasteiger partial charge in [-0.05, 0) is 42.5 Å². The molecule has 31 heavy (non-hydrogen) atoms. The monoisotopic (exact) mass is 455 g/mol. The summed E-state index contributed by atoms with van der Waals surface area (Å²) >= 11 is 7.50. The lowest BCUT2D eigenvalue weighted by Crippen LogP contribution is -2.08. The van der Waals surface area contributed by atoms with Gasteiger partial charge in [-0.3, -0.25) is 4.57 Å². The van der Waals surface area contributed by atoms with Crippen molar-refractivity contribution in [3.8, 4) is 17.2 Å². The van der Waals surface area contributed by atoms with E-state index in [4.69, 9.17) is 21.1 Å². The number of hydrogen-bond donors (Lipinski definition) is 0. The van der Waals surface area contributed by atoms with E-state index >= 15 is 0 Å². The maximum absolute atomic E-state index is 13.9. The minimum absolute atomic E-state index is 0.0857. The molecular weight excluding hydrogens is 437 g/mol. The highest BCUT2D eigenvalue weighted by atomic mass is 35.5. The molecule has 0 N–H and O–H groups in total. The van der Waals surface area contributed by atoms with Gasteiger partial charge in [0, 0.05) is 16.5 Å². The number of nitrogens with zero attached hydrogens (tertiary/aromatic N) is 3. The summed E-state index contributed by atoms with van der Waals surface area (Å²) in [6.07, 6.45) is 0. The Morgan fingerprint density at radius 1 is 0.903 bits per heavy atom. The molecule has 0 aliphatic carbocycles. The highest BCUT2D eigenvalue weighted by Crippen LogP contribution is 2.24. The predicted octanol–water partition coefficient (Wildman–Crippen LogP) is 5.81. The van der Waals surface area contributed by atoms with Gasteiger partial charge in [0.05, 0.1) is 6.61 Å². The zero-order valence-electron chi connectivity index (χ0n) is 16.4. The van der Waals surface area contributed by atoms with Crippen LogP contribution in [0.15, 0.2) is 84.0 Å². The average Bonchev–Trinajstić information content (AvgIpc) is 3.19. The highest BCUT2D eigenvalue weighted by Gasteiger charge is 2.16. The van der Waals surface area contributed by atoms with Gasteiger partial charge in [-0.15, -0.1) is 10.2 Å². The van der Waals surface area contributed by atoms with Gasteiger partial charge in [0.25, 0.3) is 0 Å². The average molecular weight is 456 g/mol. The normalized spacial score (nSPS) is 10.8. The van der Waals surface area contributed by atoms with Gasteiger partial charge in [-0.2, -0.15) is 0 Å². The number of ether oxygens (including phenoxy) is 2. The third-order valence-corrected chi connectivity index (χ3v) is 5.42. The van der Waals surface area contributed by atoms with Crippen LogP contribution < -0.4 is 9.47 Å². The summed E-state index contributed by atoms with van der Waals surface area (Å²) in [6.45, 7) is 0.566. The maximum Gasteiger partial charge on any atom is 0.196 e. The van der Waals surface area contributed by atoms with Crippen molar-refractivity contribution < 1.29 is 13.9 Å². The quantitative estimate of drug-likeness (QED) is 0.235. The highest BCUT2D eigenvalue weighted by molar-refractivity contribution is 7.99. The van der Waals surface area contributed by atoms with E-state index in [0.717, 1.165) is 11.4 Å². The van der Waals surface area contributed by atoms with Gasteiger partial charge in [0.15, 0.2) is 22.5 Å². The molecule has 4 rings (SSSR count). The van der Waals surface area contributed by atoms with Crippen molar-refractivity contribution >= 4 is 23.4 Å². The molecule has 0 spiro atoms. The molecule has 0 atom stereocenters. The van der Waals surface area contributed by atoms with Gasteiger partial charge in [-0.1, -0.05) is 59.8 Å². The molecule has 5 nitrogen and oxygen atoms in total. The van der Waals surface area contributed by atoms with Crippen molar-refractivity contribution in [2.45, 2.75) is 11.8 Å². The Morgan fingerprint density at radius 3 is 2.52 bits per heavy atom. The number of aromatic nitrogens is 3. The summed E-state index contributed by atoms with van der Waals surface area (Å²) in [7, 11) is 0. The lowest BCUT2D eigenvalue weighted by atomic mass is 10.3. The molecule has 0 aliphatic heterocycles. The van der Waals surface area contributed by atoms with Crippen LogP contribution in [0.3, 0.4) is 0 Å². The number of para-hydroxylation sites is 2. The SMILES string of the molecule is Fc1ccccc1OCc1nnc(SCCOc2cccc(Cl)c2)n1-c1ccccc1. The molecule has 4 aromatic rings. The Hall–Kier alpha value is -3.03. The molecule has 8 heteroatoms. The molecular formula is C23H19ClFN3O2S. The van der Waals surface area contributed by atoms with Crippen LogP contribution in [0, 0.1) is 5.82 Å². The smallest absolute Gasteiger partial charge is 0.196 e. The van der Waals surface area contributed by atoms with E-state index in [2.05, 4.69) is 10.2 Å². The van der Waals surface area contributed by atoms with E-state index < -0.39 is 5.82 Å². The molecule has 158 valence electrons. The minimum Gasteiger partial charge on any atom is -0.493 e.